The fourth-order valence-electron chi connectivity index (χ4n) is 3.84. The highest BCUT2D eigenvalue weighted by atomic mass is 19.4. The molecule has 0 spiro atoms. The van der Waals surface area contributed by atoms with Gasteiger partial charge >= 0.3 is 6.18 Å². The third kappa shape index (κ3) is 4.64. The van der Waals surface area contributed by atoms with Crippen molar-refractivity contribution in [2.45, 2.75) is 19.0 Å². The lowest BCUT2D eigenvalue weighted by molar-refractivity contribution is -0.140. The van der Waals surface area contributed by atoms with Crippen molar-refractivity contribution in [2.75, 3.05) is 25.0 Å². The van der Waals surface area contributed by atoms with E-state index >= 15 is 0 Å². The van der Waals surface area contributed by atoms with Crippen molar-refractivity contribution >= 4 is 22.6 Å². The van der Waals surface area contributed by atoms with Crippen molar-refractivity contribution in [1.82, 2.24) is 14.9 Å². The summed E-state index contributed by atoms with van der Waals surface area (Å²) >= 11 is 0. The molecule has 164 valence electrons. The number of halogens is 3. The number of hydrogen-bond donors (Lipinski definition) is 1. The van der Waals surface area contributed by atoms with Crippen LogP contribution in [0.1, 0.15) is 34.5 Å². The SMILES string of the molecule is N#Cc1cccc(C(=O)N2CCC(CNc3nccc4nc(C(F)(F)F)ccc34)CC2)c1. The standard InChI is InChI=1S/C23H20F3N5O/c24-23(25,26)20-5-4-18-19(30-20)6-9-28-21(18)29-14-15-7-10-31(11-8-15)22(32)17-3-1-2-16(12-17)13-27/h1-6,9,12,15H,7-8,10-11,14H2,(H,28,29). The topological polar surface area (TPSA) is 81.9 Å². The minimum atomic E-state index is -4.49. The predicted molar refractivity (Wildman–Crippen MR) is 113 cm³/mol. The molecule has 1 N–H and O–H groups in total. The quantitative estimate of drug-likeness (QED) is 0.648. The van der Waals surface area contributed by atoms with Crippen molar-refractivity contribution in [2.24, 2.45) is 5.92 Å². The highest BCUT2D eigenvalue weighted by molar-refractivity contribution is 5.94. The normalized spacial score (nSPS) is 14.9. The molecule has 6 nitrogen and oxygen atoms in total. The van der Waals surface area contributed by atoms with Gasteiger partial charge < -0.3 is 10.2 Å². The van der Waals surface area contributed by atoms with Gasteiger partial charge in [0.05, 0.1) is 17.1 Å². The zero-order chi connectivity index (χ0) is 22.7. The number of amides is 1. The summed E-state index contributed by atoms with van der Waals surface area (Å²) in [5, 5.41) is 12.8. The minimum absolute atomic E-state index is 0.0872. The van der Waals surface area contributed by atoms with Crippen molar-refractivity contribution in [3.63, 3.8) is 0 Å². The number of carbonyl (C=O) groups excluding carboxylic acids is 1. The molecule has 0 atom stereocenters. The number of piperidine rings is 1. The van der Waals surface area contributed by atoms with Crippen LogP contribution in [-0.4, -0.2) is 40.4 Å². The van der Waals surface area contributed by atoms with Gasteiger partial charge in [0.25, 0.3) is 5.91 Å². The van der Waals surface area contributed by atoms with Crippen LogP contribution in [0.3, 0.4) is 0 Å². The van der Waals surface area contributed by atoms with E-state index < -0.39 is 11.9 Å². The molecule has 32 heavy (non-hydrogen) atoms. The molecule has 1 aliphatic heterocycles. The number of fused-ring (bicyclic) bond motifs is 1. The number of hydrogen-bond acceptors (Lipinski definition) is 5. The van der Waals surface area contributed by atoms with Crippen LogP contribution in [0, 0.1) is 17.2 Å². The van der Waals surface area contributed by atoms with E-state index in [2.05, 4.69) is 15.3 Å². The van der Waals surface area contributed by atoms with Crippen LogP contribution in [0.4, 0.5) is 19.0 Å². The molecule has 3 aromatic rings. The van der Waals surface area contributed by atoms with Gasteiger partial charge in [0, 0.05) is 36.8 Å². The molecule has 1 fully saturated rings. The molecular formula is C23H20F3N5O. The second kappa shape index (κ2) is 8.83. The van der Waals surface area contributed by atoms with Crippen LogP contribution in [0.2, 0.25) is 0 Å². The summed E-state index contributed by atoms with van der Waals surface area (Å²) in [7, 11) is 0. The van der Waals surface area contributed by atoms with E-state index in [0.717, 1.165) is 18.9 Å². The molecule has 2 aromatic heterocycles. The molecule has 0 bridgehead atoms. The van der Waals surface area contributed by atoms with Crippen molar-refractivity contribution < 1.29 is 18.0 Å². The first-order chi connectivity index (χ1) is 15.3. The summed E-state index contributed by atoms with van der Waals surface area (Å²) in [6.45, 7) is 1.79. The summed E-state index contributed by atoms with van der Waals surface area (Å²) in [6, 6.07) is 12.5. The van der Waals surface area contributed by atoms with Crippen molar-refractivity contribution in [3.05, 3.63) is 65.5 Å². The van der Waals surface area contributed by atoms with E-state index in [1.54, 1.807) is 29.2 Å². The highest BCUT2D eigenvalue weighted by Gasteiger charge is 2.32. The summed E-state index contributed by atoms with van der Waals surface area (Å²) in [6.07, 6.45) is -1.48. The summed E-state index contributed by atoms with van der Waals surface area (Å²) in [5.41, 5.74) is 0.262. The number of benzene rings is 1. The Morgan fingerprint density at radius 3 is 2.69 bits per heavy atom. The number of anilines is 1. The highest BCUT2D eigenvalue weighted by Crippen LogP contribution is 2.30. The third-order valence-corrected chi connectivity index (χ3v) is 5.60. The molecular weight excluding hydrogens is 419 g/mol. The molecule has 0 radical (unpaired) electrons. The van der Waals surface area contributed by atoms with Crippen molar-refractivity contribution in [3.8, 4) is 6.07 Å². The Bertz CT molecular complexity index is 1180. The van der Waals surface area contributed by atoms with Crippen LogP contribution >= 0.6 is 0 Å². The molecule has 9 heteroatoms. The number of nitrogens with one attached hydrogen (secondary N) is 1. The number of likely N-dealkylation sites (tertiary alicyclic amines) is 1. The predicted octanol–water partition coefficient (Wildman–Crippen LogP) is 4.48. The largest absolute Gasteiger partial charge is 0.433 e. The van der Waals surface area contributed by atoms with Gasteiger partial charge in [-0.2, -0.15) is 18.4 Å². The monoisotopic (exact) mass is 439 g/mol. The van der Waals surface area contributed by atoms with E-state index in [-0.39, 0.29) is 11.4 Å². The van der Waals surface area contributed by atoms with Gasteiger partial charge in [0.15, 0.2) is 0 Å². The molecule has 1 aliphatic rings. The number of alkyl halides is 3. The van der Waals surface area contributed by atoms with Crippen LogP contribution in [0.15, 0.2) is 48.7 Å². The first kappa shape index (κ1) is 21.6. The van der Waals surface area contributed by atoms with Gasteiger partial charge in [-0.3, -0.25) is 4.79 Å². The Morgan fingerprint density at radius 1 is 1.19 bits per heavy atom. The summed E-state index contributed by atoms with van der Waals surface area (Å²) < 4.78 is 38.7. The number of nitriles is 1. The van der Waals surface area contributed by atoms with E-state index in [9.17, 15) is 18.0 Å². The third-order valence-electron chi connectivity index (χ3n) is 5.60. The van der Waals surface area contributed by atoms with Gasteiger partial charge in [-0.25, -0.2) is 9.97 Å². The van der Waals surface area contributed by atoms with Gasteiger partial charge in [-0.05, 0) is 55.2 Å². The fourth-order valence-corrected chi connectivity index (χ4v) is 3.84. The molecule has 0 unspecified atom stereocenters. The molecule has 1 amide bonds. The molecule has 4 rings (SSSR count). The van der Waals surface area contributed by atoms with E-state index in [0.29, 0.717) is 47.9 Å². The summed E-state index contributed by atoms with van der Waals surface area (Å²) in [5.74, 6) is 0.704. The molecule has 1 saturated heterocycles. The van der Waals surface area contributed by atoms with E-state index in [1.807, 2.05) is 6.07 Å². The lowest BCUT2D eigenvalue weighted by atomic mass is 9.96. The minimum Gasteiger partial charge on any atom is -0.369 e. The average Bonchev–Trinajstić information content (AvgIpc) is 2.81. The van der Waals surface area contributed by atoms with Crippen LogP contribution in [0.5, 0.6) is 0 Å². The van der Waals surface area contributed by atoms with Crippen LogP contribution in [0.25, 0.3) is 10.9 Å². The zero-order valence-electron chi connectivity index (χ0n) is 17.1. The lowest BCUT2D eigenvalue weighted by Gasteiger charge is -2.32. The van der Waals surface area contributed by atoms with E-state index in [4.69, 9.17) is 5.26 Å². The number of carbonyl (C=O) groups is 1. The van der Waals surface area contributed by atoms with Crippen molar-refractivity contribution in [1.29, 1.82) is 5.26 Å². The number of nitrogens with zero attached hydrogens (tertiary/aromatic N) is 4. The van der Waals surface area contributed by atoms with Gasteiger partial charge in [-0.15, -0.1) is 0 Å². The maximum atomic E-state index is 12.9. The Kier molecular flexibility index (Phi) is 5.95. The number of rotatable bonds is 4. The maximum Gasteiger partial charge on any atom is 0.433 e. The zero-order valence-corrected chi connectivity index (χ0v) is 17.1. The first-order valence-electron chi connectivity index (χ1n) is 10.2. The van der Waals surface area contributed by atoms with Gasteiger partial charge in [0.1, 0.15) is 11.5 Å². The number of pyridine rings is 2. The summed E-state index contributed by atoms with van der Waals surface area (Å²) in [4.78, 5) is 22.4. The molecule has 0 saturated carbocycles. The van der Waals surface area contributed by atoms with Crippen LogP contribution < -0.4 is 5.32 Å². The maximum absolute atomic E-state index is 12.9. The van der Waals surface area contributed by atoms with Gasteiger partial charge in [-0.1, -0.05) is 6.07 Å². The first-order valence-corrected chi connectivity index (χ1v) is 10.2. The molecule has 0 aliphatic carbocycles. The van der Waals surface area contributed by atoms with Crippen LogP contribution in [-0.2, 0) is 6.18 Å². The fraction of sp³-hybridized carbons (Fsp3) is 0.304. The second-order valence-corrected chi connectivity index (χ2v) is 7.73. The average molecular weight is 439 g/mol. The van der Waals surface area contributed by atoms with Gasteiger partial charge in [0.2, 0.25) is 0 Å². The Hall–Kier alpha value is -3.67. The smallest absolute Gasteiger partial charge is 0.369 e. The Balaban J connectivity index is 1.36. The second-order valence-electron chi connectivity index (χ2n) is 7.73. The Labute approximate surface area is 182 Å². The van der Waals surface area contributed by atoms with E-state index in [1.165, 1.54) is 18.3 Å². The lowest BCUT2D eigenvalue weighted by Crippen LogP contribution is -2.40. The Morgan fingerprint density at radius 2 is 1.97 bits per heavy atom. The molecule has 1 aromatic carbocycles. The number of aromatic nitrogens is 2. The molecule has 3 heterocycles.